The third kappa shape index (κ3) is 5.78. The number of fused-ring (bicyclic) bond motifs is 3. The number of para-hydroxylation sites is 1. The molecule has 5 rings (SSSR count). The number of rotatable bonds is 6. The molecule has 3 aromatic rings. The van der Waals surface area contributed by atoms with Crippen molar-refractivity contribution < 1.29 is 9.21 Å². The van der Waals surface area contributed by atoms with Crippen molar-refractivity contribution in [3.8, 4) is 0 Å². The average molecular weight is 488 g/mol. The maximum absolute atomic E-state index is 13.6. The first kappa shape index (κ1) is 24.5. The van der Waals surface area contributed by atoms with Gasteiger partial charge in [0.2, 0.25) is 17.7 Å². The molecular formula is C29H37N5O2. The van der Waals surface area contributed by atoms with Gasteiger partial charge >= 0.3 is 0 Å². The van der Waals surface area contributed by atoms with E-state index in [9.17, 15) is 4.79 Å². The molecule has 1 amide bonds. The van der Waals surface area contributed by atoms with Gasteiger partial charge in [-0.05, 0) is 36.5 Å². The molecule has 0 radical (unpaired) electrons. The summed E-state index contributed by atoms with van der Waals surface area (Å²) in [5.74, 6) is 1.49. The van der Waals surface area contributed by atoms with E-state index in [4.69, 9.17) is 4.42 Å². The Kier molecular flexibility index (Phi) is 7.66. The van der Waals surface area contributed by atoms with E-state index in [0.717, 1.165) is 43.7 Å². The van der Waals surface area contributed by atoms with Crippen LogP contribution >= 0.6 is 0 Å². The Hall–Kier alpha value is -3.19. The topological polar surface area (TPSA) is 74.5 Å². The largest absolute Gasteiger partial charge is 0.425 e. The number of benzene rings is 2. The van der Waals surface area contributed by atoms with Crippen LogP contribution in [0.15, 0.2) is 59.0 Å². The number of anilines is 1. The zero-order chi connectivity index (χ0) is 24.9. The normalized spacial score (nSPS) is 20.6. The minimum absolute atomic E-state index is 0.136. The minimum atomic E-state index is 0.136. The summed E-state index contributed by atoms with van der Waals surface area (Å²) in [6, 6.07) is 19.9. The van der Waals surface area contributed by atoms with E-state index in [1.807, 2.05) is 13.8 Å². The Labute approximate surface area is 213 Å². The lowest BCUT2D eigenvalue weighted by Crippen LogP contribution is -2.44. The lowest BCUT2D eigenvalue weighted by molar-refractivity contribution is -0.132. The minimum Gasteiger partial charge on any atom is -0.425 e. The van der Waals surface area contributed by atoms with Gasteiger partial charge in [0.1, 0.15) is 0 Å². The van der Waals surface area contributed by atoms with Crippen LogP contribution in [-0.2, 0) is 24.3 Å². The number of carbonyl (C=O) groups is 1. The molecule has 1 N–H and O–H groups in total. The molecule has 2 atom stereocenters. The van der Waals surface area contributed by atoms with Gasteiger partial charge in [-0.25, -0.2) is 0 Å². The molecule has 0 spiro atoms. The molecule has 2 bridgehead atoms. The van der Waals surface area contributed by atoms with Crippen LogP contribution in [0.4, 0.5) is 5.69 Å². The Bertz CT molecular complexity index is 1150. The zero-order valence-corrected chi connectivity index (χ0v) is 21.4. The second-order valence-electron chi connectivity index (χ2n) is 10.4. The summed E-state index contributed by atoms with van der Waals surface area (Å²) in [6.07, 6.45) is 4.22. The van der Waals surface area contributed by atoms with Crippen molar-refractivity contribution >= 4 is 11.6 Å². The Balaban J connectivity index is 1.36. The molecular weight excluding hydrogens is 450 g/mol. The van der Waals surface area contributed by atoms with E-state index < -0.39 is 0 Å². The van der Waals surface area contributed by atoms with E-state index in [0.29, 0.717) is 43.3 Å². The molecule has 0 unspecified atom stereocenters. The Morgan fingerprint density at radius 3 is 2.61 bits per heavy atom. The highest BCUT2D eigenvalue weighted by Gasteiger charge is 2.35. The quantitative estimate of drug-likeness (QED) is 0.527. The van der Waals surface area contributed by atoms with E-state index >= 15 is 0 Å². The molecule has 0 saturated carbocycles. The van der Waals surface area contributed by atoms with Gasteiger partial charge in [-0.15, -0.1) is 10.2 Å². The van der Waals surface area contributed by atoms with Gasteiger partial charge in [0.15, 0.2) is 0 Å². The number of aromatic nitrogens is 2. The number of aryl methyl sites for hydroxylation is 1. The molecule has 1 aromatic heterocycles. The van der Waals surface area contributed by atoms with Crippen molar-refractivity contribution in [2.75, 3.05) is 18.4 Å². The Morgan fingerprint density at radius 1 is 1.03 bits per heavy atom. The molecule has 2 aliphatic rings. The smallest absolute Gasteiger partial charge is 0.223 e. The monoisotopic (exact) mass is 487 g/mol. The molecule has 7 heteroatoms. The Morgan fingerprint density at radius 2 is 1.81 bits per heavy atom. The number of carbonyl (C=O) groups excluding carboxylic acids is 1. The van der Waals surface area contributed by atoms with E-state index in [1.54, 1.807) is 0 Å². The second kappa shape index (κ2) is 11.2. The van der Waals surface area contributed by atoms with Gasteiger partial charge < -0.3 is 14.6 Å². The van der Waals surface area contributed by atoms with Crippen LogP contribution < -0.4 is 5.32 Å². The van der Waals surface area contributed by atoms with Crippen LogP contribution in [0.25, 0.3) is 0 Å². The predicted octanol–water partition coefficient (Wildman–Crippen LogP) is 5.00. The summed E-state index contributed by atoms with van der Waals surface area (Å²) < 4.78 is 5.76. The third-order valence-electron chi connectivity index (χ3n) is 7.46. The van der Waals surface area contributed by atoms with Crippen LogP contribution in [0.3, 0.4) is 0 Å². The van der Waals surface area contributed by atoms with E-state index in [1.165, 1.54) is 12.0 Å². The van der Waals surface area contributed by atoms with Crippen LogP contribution in [0, 0.1) is 0 Å². The fourth-order valence-electron chi connectivity index (χ4n) is 5.46. The molecule has 1 saturated heterocycles. The van der Waals surface area contributed by atoms with E-state index in [-0.39, 0.29) is 11.8 Å². The molecule has 0 aliphatic carbocycles. The van der Waals surface area contributed by atoms with E-state index in [2.05, 4.69) is 79.9 Å². The summed E-state index contributed by atoms with van der Waals surface area (Å²) in [5.41, 5.74) is 3.62. The maximum atomic E-state index is 13.6. The number of amides is 1. The lowest BCUT2D eigenvalue weighted by atomic mass is 10.1. The molecule has 2 aliphatic heterocycles. The highest BCUT2D eigenvalue weighted by molar-refractivity contribution is 5.76. The molecule has 1 fully saturated rings. The lowest BCUT2D eigenvalue weighted by Gasteiger charge is -2.34. The van der Waals surface area contributed by atoms with Crippen LogP contribution in [0.1, 0.15) is 68.4 Å². The SMILES string of the molecule is CC(C)c1nnc(CCC(=O)N2Cc3ccccc3NCC[C@@H]3CC[C@H](C2)N3Cc2ccccc2)o1. The van der Waals surface area contributed by atoms with Gasteiger partial charge in [-0.3, -0.25) is 9.69 Å². The average Bonchev–Trinajstić information content (AvgIpc) is 3.50. The van der Waals surface area contributed by atoms with Crippen molar-refractivity contribution in [3.63, 3.8) is 0 Å². The van der Waals surface area contributed by atoms with Crippen molar-refractivity contribution in [2.45, 2.75) is 77.0 Å². The number of hydrogen-bond acceptors (Lipinski definition) is 6. The standard InChI is InChI=1S/C29H37N5O2/c1-21(2)29-32-31-27(36-29)14-15-28(35)33-19-23-10-6-7-11-26(23)30-17-16-24-12-13-25(20-33)34(24)18-22-8-4-3-5-9-22/h3-11,21,24-25,30H,12-20H2,1-2H3/t24-,25+/m0/s1. The maximum Gasteiger partial charge on any atom is 0.223 e. The molecule has 190 valence electrons. The molecule has 36 heavy (non-hydrogen) atoms. The van der Waals surface area contributed by atoms with Gasteiger partial charge in [-0.1, -0.05) is 62.4 Å². The second-order valence-corrected chi connectivity index (χ2v) is 10.4. The van der Waals surface area contributed by atoms with Crippen molar-refractivity contribution in [1.29, 1.82) is 0 Å². The van der Waals surface area contributed by atoms with Gasteiger partial charge in [0, 0.05) is 62.7 Å². The first-order chi connectivity index (χ1) is 17.6. The van der Waals surface area contributed by atoms with Crippen molar-refractivity contribution in [2.24, 2.45) is 0 Å². The highest BCUT2D eigenvalue weighted by Crippen LogP contribution is 2.31. The number of nitrogens with one attached hydrogen (secondary N) is 1. The van der Waals surface area contributed by atoms with Gasteiger partial charge in [0.05, 0.1) is 0 Å². The van der Waals surface area contributed by atoms with Gasteiger partial charge in [0.25, 0.3) is 0 Å². The van der Waals surface area contributed by atoms with Crippen LogP contribution in [-0.4, -0.2) is 51.1 Å². The summed E-state index contributed by atoms with van der Waals surface area (Å²) in [6.45, 7) is 7.24. The van der Waals surface area contributed by atoms with Gasteiger partial charge in [-0.2, -0.15) is 0 Å². The van der Waals surface area contributed by atoms with Crippen molar-refractivity contribution in [3.05, 3.63) is 77.5 Å². The number of nitrogens with zero attached hydrogens (tertiary/aromatic N) is 4. The number of hydrogen-bond donors (Lipinski definition) is 1. The molecule has 7 nitrogen and oxygen atoms in total. The predicted molar refractivity (Wildman–Crippen MR) is 140 cm³/mol. The first-order valence-corrected chi connectivity index (χ1v) is 13.3. The third-order valence-corrected chi connectivity index (χ3v) is 7.46. The summed E-state index contributed by atoms with van der Waals surface area (Å²) in [4.78, 5) is 18.3. The van der Waals surface area contributed by atoms with Crippen LogP contribution in [0.5, 0.6) is 0 Å². The fourth-order valence-corrected chi connectivity index (χ4v) is 5.46. The highest BCUT2D eigenvalue weighted by atomic mass is 16.4. The fraction of sp³-hybridized carbons (Fsp3) is 0.483. The summed E-state index contributed by atoms with van der Waals surface area (Å²) in [7, 11) is 0. The van der Waals surface area contributed by atoms with Crippen LogP contribution in [0.2, 0.25) is 0 Å². The first-order valence-electron chi connectivity index (χ1n) is 13.3. The zero-order valence-electron chi connectivity index (χ0n) is 21.4. The molecule has 2 aromatic carbocycles. The molecule has 3 heterocycles. The van der Waals surface area contributed by atoms with Crippen molar-refractivity contribution in [1.82, 2.24) is 20.0 Å². The summed E-state index contributed by atoms with van der Waals surface area (Å²) >= 11 is 0. The summed E-state index contributed by atoms with van der Waals surface area (Å²) in [5, 5.41) is 11.9.